The van der Waals surface area contributed by atoms with Gasteiger partial charge in [0.05, 0.1) is 21.4 Å². The first-order valence-electron chi connectivity index (χ1n) is 7.45. The van der Waals surface area contributed by atoms with Crippen LogP contribution in [0.25, 0.3) is 0 Å². The van der Waals surface area contributed by atoms with Crippen molar-refractivity contribution in [3.8, 4) is 0 Å². The van der Waals surface area contributed by atoms with Gasteiger partial charge in [-0.2, -0.15) is 0 Å². The summed E-state index contributed by atoms with van der Waals surface area (Å²) in [5.41, 5.74) is 0.842. The molecule has 0 aromatic heterocycles. The number of hydrogen-bond donors (Lipinski definition) is 2. The number of aliphatic hydroxyl groups excluding tert-OH is 2. The molecule has 0 radical (unpaired) electrons. The van der Waals surface area contributed by atoms with Crippen LogP contribution in [0, 0.1) is 0 Å². The Morgan fingerprint density at radius 3 is 2.57 bits per heavy atom. The summed E-state index contributed by atoms with van der Waals surface area (Å²) >= 11 is 0. The van der Waals surface area contributed by atoms with Gasteiger partial charge >= 0.3 is 0 Å². The zero-order valence-corrected chi connectivity index (χ0v) is 14.7. The predicted molar refractivity (Wildman–Crippen MR) is 85.6 cm³/mol. The molecule has 0 spiro atoms. The smallest absolute Gasteiger partial charge is 0.183 e. The first-order chi connectivity index (χ1) is 9.82. The van der Waals surface area contributed by atoms with Gasteiger partial charge in [0.1, 0.15) is 6.10 Å². The van der Waals surface area contributed by atoms with Crippen molar-refractivity contribution in [1.82, 2.24) is 0 Å². The maximum atomic E-state index is 10.5. The van der Waals surface area contributed by atoms with E-state index in [2.05, 4.69) is 32.9 Å². The standard InChI is InChI=1S/C16H26O4Si/c1-16(2,3)10-7-5-6-8-13(10)21-14(18)12-9-11(17)15(19-4)20-12/h5-8,11-12,14-15,17-18H,9,21H2,1-4H3/t11-,12+,14?,15?/m1/s1. The second kappa shape index (κ2) is 6.58. The van der Waals surface area contributed by atoms with Crippen LogP contribution in [0.4, 0.5) is 0 Å². The van der Waals surface area contributed by atoms with Crippen molar-refractivity contribution < 1.29 is 19.7 Å². The Morgan fingerprint density at radius 2 is 2.00 bits per heavy atom. The fourth-order valence-corrected chi connectivity index (χ4v) is 5.07. The highest BCUT2D eigenvalue weighted by molar-refractivity contribution is 6.55. The molecule has 1 heterocycles. The van der Waals surface area contributed by atoms with E-state index in [0.717, 1.165) is 0 Å². The second-order valence-corrected chi connectivity index (χ2v) is 8.77. The van der Waals surface area contributed by atoms with Gasteiger partial charge in [0.2, 0.25) is 0 Å². The molecule has 1 aliphatic heterocycles. The fourth-order valence-electron chi connectivity index (χ4n) is 2.91. The summed E-state index contributed by atoms with van der Waals surface area (Å²) in [5, 5.41) is 21.6. The van der Waals surface area contributed by atoms with Crippen molar-refractivity contribution in [3.05, 3.63) is 29.8 Å². The molecule has 2 N–H and O–H groups in total. The molecule has 2 rings (SSSR count). The molecular formula is C16H26O4Si. The lowest BCUT2D eigenvalue weighted by atomic mass is 9.87. The van der Waals surface area contributed by atoms with Crippen molar-refractivity contribution in [2.75, 3.05) is 7.11 Å². The lowest BCUT2D eigenvalue weighted by Gasteiger charge is -2.25. The van der Waals surface area contributed by atoms with Crippen molar-refractivity contribution in [2.24, 2.45) is 0 Å². The van der Waals surface area contributed by atoms with E-state index < -0.39 is 27.6 Å². The first-order valence-corrected chi connectivity index (χ1v) is 8.98. The van der Waals surface area contributed by atoms with E-state index in [4.69, 9.17) is 9.47 Å². The average molecular weight is 310 g/mol. The molecule has 2 unspecified atom stereocenters. The van der Waals surface area contributed by atoms with Crippen molar-refractivity contribution in [2.45, 2.75) is 56.8 Å². The minimum atomic E-state index is -0.914. The van der Waals surface area contributed by atoms with Gasteiger partial charge in [-0.3, -0.25) is 0 Å². The van der Waals surface area contributed by atoms with Gasteiger partial charge in [-0.05, 0) is 11.0 Å². The zero-order valence-electron chi connectivity index (χ0n) is 13.2. The normalized spacial score (nSPS) is 28.4. The van der Waals surface area contributed by atoms with Gasteiger partial charge < -0.3 is 19.7 Å². The number of aliphatic hydroxyl groups is 2. The topological polar surface area (TPSA) is 58.9 Å². The molecule has 4 nitrogen and oxygen atoms in total. The zero-order chi connectivity index (χ0) is 15.6. The van der Waals surface area contributed by atoms with E-state index in [1.807, 2.05) is 12.1 Å². The van der Waals surface area contributed by atoms with Crippen LogP contribution in [-0.2, 0) is 14.9 Å². The molecule has 1 saturated heterocycles. The van der Waals surface area contributed by atoms with Crippen molar-refractivity contribution in [3.63, 3.8) is 0 Å². The third-order valence-electron chi connectivity index (χ3n) is 4.01. The minimum Gasteiger partial charge on any atom is -0.394 e. The molecule has 0 amide bonds. The van der Waals surface area contributed by atoms with Crippen LogP contribution in [0.15, 0.2) is 24.3 Å². The quantitative estimate of drug-likeness (QED) is 0.781. The van der Waals surface area contributed by atoms with Crippen molar-refractivity contribution in [1.29, 1.82) is 0 Å². The molecule has 0 aliphatic carbocycles. The fraction of sp³-hybridized carbons (Fsp3) is 0.625. The lowest BCUT2D eigenvalue weighted by molar-refractivity contribution is -0.156. The SMILES string of the molecule is COC1O[C@H](C(O)[SiH2]c2ccccc2C(C)(C)C)C[C@H]1O. The number of methoxy groups -OCH3 is 1. The predicted octanol–water partition coefficient (Wildman–Crippen LogP) is 0.219. The van der Waals surface area contributed by atoms with E-state index in [9.17, 15) is 10.2 Å². The highest BCUT2D eigenvalue weighted by Gasteiger charge is 2.38. The summed E-state index contributed by atoms with van der Waals surface area (Å²) in [5.74, 6) is 0. The maximum Gasteiger partial charge on any atom is 0.183 e. The Kier molecular flexibility index (Phi) is 5.22. The summed E-state index contributed by atoms with van der Waals surface area (Å²) in [6.07, 6.45) is -1.16. The third-order valence-corrected chi connectivity index (χ3v) is 6.01. The highest BCUT2D eigenvalue weighted by atomic mass is 28.2. The molecule has 0 bridgehead atoms. The van der Waals surface area contributed by atoms with Gasteiger partial charge in [0.25, 0.3) is 0 Å². The first kappa shape index (κ1) is 16.6. The van der Waals surface area contributed by atoms with Crippen LogP contribution < -0.4 is 5.19 Å². The van der Waals surface area contributed by atoms with Crippen molar-refractivity contribution >= 4 is 14.7 Å². The number of ether oxygens (including phenoxy) is 2. The Bertz CT molecular complexity index is 472. The average Bonchev–Trinajstić information content (AvgIpc) is 2.79. The minimum absolute atomic E-state index is 0.0639. The molecule has 1 aliphatic rings. The lowest BCUT2D eigenvalue weighted by Crippen LogP contribution is -2.41. The Morgan fingerprint density at radius 1 is 1.33 bits per heavy atom. The molecule has 118 valence electrons. The second-order valence-electron chi connectivity index (χ2n) is 6.76. The van der Waals surface area contributed by atoms with Crippen LogP contribution in [0.1, 0.15) is 32.8 Å². The van der Waals surface area contributed by atoms with Gasteiger partial charge in [-0.15, -0.1) is 0 Å². The molecular weight excluding hydrogens is 284 g/mol. The summed E-state index contributed by atoms with van der Waals surface area (Å²) < 4.78 is 10.7. The molecule has 1 aromatic carbocycles. The molecule has 1 fully saturated rings. The number of rotatable bonds is 4. The molecule has 4 atom stereocenters. The van der Waals surface area contributed by atoms with Gasteiger partial charge in [0.15, 0.2) is 6.29 Å². The van der Waals surface area contributed by atoms with Crippen LogP contribution in [0.3, 0.4) is 0 Å². The van der Waals surface area contributed by atoms with Crippen LogP contribution >= 0.6 is 0 Å². The monoisotopic (exact) mass is 310 g/mol. The highest BCUT2D eigenvalue weighted by Crippen LogP contribution is 2.24. The van der Waals surface area contributed by atoms with Gasteiger partial charge in [0, 0.05) is 13.5 Å². The molecule has 1 aromatic rings. The number of benzene rings is 1. The summed E-state index contributed by atoms with van der Waals surface area (Å²) in [4.78, 5) is 0. The molecule has 21 heavy (non-hydrogen) atoms. The number of hydrogen-bond acceptors (Lipinski definition) is 4. The van der Waals surface area contributed by atoms with Crippen LogP contribution in [0.2, 0.25) is 0 Å². The van der Waals surface area contributed by atoms with E-state index in [1.165, 1.54) is 17.9 Å². The summed E-state index contributed by atoms with van der Waals surface area (Å²) in [6, 6.07) is 8.31. The maximum absolute atomic E-state index is 10.5. The largest absolute Gasteiger partial charge is 0.394 e. The van der Waals surface area contributed by atoms with Crippen LogP contribution in [-0.4, -0.2) is 51.1 Å². The third kappa shape index (κ3) is 3.93. The Labute approximate surface area is 128 Å². The van der Waals surface area contributed by atoms with E-state index in [1.54, 1.807) is 0 Å². The molecule has 0 saturated carbocycles. The van der Waals surface area contributed by atoms with Gasteiger partial charge in [-0.25, -0.2) is 0 Å². The summed E-state index contributed by atoms with van der Waals surface area (Å²) in [6.45, 7) is 6.55. The molecule has 5 heteroatoms. The van der Waals surface area contributed by atoms with E-state index in [-0.39, 0.29) is 11.5 Å². The summed E-state index contributed by atoms with van der Waals surface area (Å²) in [7, 11) is 0.595. The van der Waals surface area contributed by atoms with E-state index >= 15 is 0 Å². The Hall–Kier alpha value is -0.723. The van der Waals surface area contributed by atoms with Gasteiger partial charge in [-0.1, -0.05) is 50.2 Å². The van der Waals surface area contributed by atoms with Crippen LogP contribution in [0.5, 0.6) is 0 Å². The Balaban J connectivity index is 2.09. The van der Waals surface area contributed by atoms with E-state index in [0.29, 0.717) is 6.42 Å².